The average Bonchev–Trinajstić information content (AvgIpc) is 2.40. The maximum atomic E-state index is 4.20. The average molecular weight is 240 g/mol. The molecule has 18 heavy (non-hydrogen) atoms. The second-order valence-electron chi connectivity index (χ2n) is 4.54. The molecule has 2 heteroatoms. The molecule has 0 atom stereocenters. The highest BCUT2D eigenvalue weighted by Gasteiger charge is 1.95. The summed E-state index contributed by atoms with van der Waals surface area (Å²) in [6, 6.07) is 14.8. The van der Waals surface area contributed by atoms with E-state index in [0.29, 0.717) is 0 Å². The summed E-state index contributed by atoms with van der Waals surface area (Å²) in [5.74, 6) is 0. The van der Waals surface area contributed by atoms with Gasteiger partial charge in [0.15, 0.2) is 0 Å². The molecule has 0 radical (unpaired) electrons. The molecule has 0 bridgehead atoms. The zero-order chi connectivity index (χ0) is 12.6. The van der Waals surface area contributed by atoms with Crippen LogP contribution >= 0.6 is 0 Å². The van der Waals surface area contributed by atoms with E-state index in [-0.39, 0.29) is 0 Å². The van der Waals surface area contributed by atoms with Gasteiger partial charge in [-0.2, -0.15) is 0 Å². The minimum atomic E-state index is 1.02. The fourth-order valence-corrected chi connectivity index (χ4v) is 1.99. The Bertz CT molecular complexity index is 466. The van der Waals surface area contributed by atoms with E-state index in [1.807, 2.05) is 13.1 Å². The fourth-order valence-electron chi connectivity index (χ4n) is 1.99. The molecule has 1 N–H and O–H groups in total. The first-order valence-corrected chi connectivity index (χ1v) is 6.51. The van der Waals surface area contributed by atoms with Gasteiger partial charge in [-0.25, -0.2) is 0 Å². The number of hydrogen-bond donors (Lipinski definition) is 1. The molecule has 0 fully saturated rings. The summed E-state index contributed by atoms with van der Waals surface area (Å²) in [5.41, 5.74) is 3.84. The molecule has 0 saturated carbocycles. The first kappa shape index (κ1) is 12.8. The van der Waals surface area contributed by atoms with Gasteiger partial charge in [-0.3, -0.25) is 4.98 Å². The molecule has 2 nitrogen and oxygen atoms in total. The Kier molecular flexibility index (Phi) is 4.91. The van der Waals surface area contributed by atoms with E-state index < -0.39 is 0 Å². The molecule has 0 unspecified atom stereocenters. The third kappa shape index (κ3) is 4.30. The second kappa shape index (κ2) is 6.92. The van der Waals surface area contributed by atoms with E-state index in [1.54, 1.807) is 0 Å². The first-order chi connectivity index (χ1) is 8.84. The van der Waals surface area contributed by atoms with Crippen molar-refractivity contribution in [2.75, 3.05) is 13.1 Å². The number of nitrogens with zero attached hydrogens (tertiary/aromatic N) is 1. The van der Waals surface area contributed by atoms with Crippen molar-refractivity contribution < 1.29 is 0 Å². The largest absolute Gasteiger partial charge is 0.316 e. The van der Waals surface area contributed by atoms with E-state index >= 15 is 0 Å². The molecule has 1 aromatic carbocycles. The van der Waals surface area contributed by atoms with Crippen LogP contribution in [0, 0.1) is 6.92 Å². The van der Waals surface area contributed by atoms with Crippen molar-refractivity contribution in [3.8, 4) is 0 Å². The summed E-state index contributed by atoms with van der Waals surface area (Å²) in [6.07, 6.45) is 4.04. The van der Waals surface area contributed by atoms with Gasteiger partial charge in [-0.15, -0.1) is 0 Å². The van der Waals surface area contributed by atoms with Gasteiger partial charge < -0.3 is 5.32 Å². The van der Waals surface area contributed by atoms with Gasteiger partial charge in [0, 0.05) is 11.9 Å². The number of benzene rings is 1. The van der Waals surface area contributed by atoms with Crippen LogP contribution in [0.5, 0.6) is 0 Å². The SMILES string of the molecule is Cc1cc(CCNCCc2ccccc2)ccn1. The van der Waals surface area contributed by atoms with Crippen LogP contribution in [-0.4, -0.2) is 18.1 Å². The predicted molar refractivity (Wildman–Crippen MR) is 75.7 cm³/mol. The van der Waals surface area contributed by atoms with Crippen LogP contribution in [-0.2, 0) is 12.8 Å². The van der Waals surface area contributed by atoms with Gasteiger partial charge in [0.05, 0.1) is 0 Å². The molecule has 2 aromatic rings. The van der Waals surface area contributed by atoms with Crippen LogP contribution in [0.2, 0.25) is 0 Å². The van der Waals surface area contributed by atoms with E-state index in [9.17, 15) is 0 Å². The first-order valence-electron chi connectivity index (χ1n) is 6.51. The van der Waals surface area contributed by atoms with Gasteiger partial charge in [-0.1, -0.05) is 30.3 Å². The smallest absolute Gasteiger partial charge is 0.0375 e. The third-order valence-electron chi connectivity index (χ3n) is 2.98. The zero-order valence-corrected chi connectivity index (χ0v) is 10.9. The Balaban J connectivity index is 1.65. The minimum Gasteiger partial charge on any atom is -0.316 e. The molecule has 0 spiro atoms. The summed E-state index contributed by atoms with van der Waals surface area (Å²) < 4.78 is 0. The molecular formula is C16H20N2. The third-order valence-corrected chi connectivity index (χ3v) is 2.98. The van der Waals surface area contributed by atoms with Gasteiger partial charge >= 0.3 is 0 Å². The van der Waals surface area contributed by atoms with Crippen LogP contribution in [0.15, 0.2) is 48.7 Å². The highest BCUT2D eigenvalue weighted by molar-refractivity contribution is 5.16. The lowest BCUT2D eigenvalue weighted by Crippen LogP contribution is -2.20. The molecule has 0 saturated heterocycles. The lowest BCUT2D eigenvalue weighted by Gasteiger charge is -2.05. The Morgan fingerprint density at radius 2 is 1.67 bits per heavy atom. The lowest BCUT2D eigenvalue weighted by molar-refractivity contribution is 0.681. The molecule has 1 heterocycles. The highest BCUT2D eigenvalue weighted by Crippen LogP contribution is 2.01. The quantitative estimate of drug-likeness (QED) is 0.785. The van der Waals surface area contributed by atoms with E-state index in [2.05, 4.69) is 52.8 Å². The number of hydrogen-bond acceptors (Lipinski definition) is 2. The fraction of sp³-hybridized carbons (Fsp3) is 0.312. The summed E-state index contributed by atoms with van der Waals surface area (Å²) in [6.45, 7) is 4.09. The lowest BCUT2D eigenvalue weighted by atomic mass is 10.1. The second-order valence-corrected chi connectivity index (χ2v) is 4.54. The monoisotopic (exact) mass is 240 g/mol. The van der Waals surface area contributed by atoms with Crippen LogP contribution in [0.3, 0.4) is 0 Å². The van der Waals surface area contributed by atoms with Crippen LogP contribution in [0.1, 0.15) is 16.8 Å². The number of aryl methyl sites for hydroxylation is 1. The molecular weight excluding hydrogens is 220 g/mol. The van der Waals surface area contributed by atoms with E-state index in [1.165, 1.54) is 11.1 Å². The Labute approximate surface area is 109 Å². The van der Waals surface area contributed by atoms with Crippen molar-refractivity contribution in [1.82, 2.24) is 10.3 Å². The molecule has 0 aliphatic carbocycles. The van der Waals surface area contributed by atoms with Crippen molar-refractivity contribution in [1.29, 1.82) is 0 Å². The number of nitrogens with one attached hydrogen (secondary N) is 1. The molecule has 94 valence electrons. The summed E-state index contributed by atoms with van der Waals surface area (Å²) in [4.78, 5) is 4.20. The predicted octanol–water partition coefficient (Wildman–Crippen LogP) is 2.76. The summed E-state index contributed by atoms with van der Waals surface area (Å²) in [7, 11) is 0. The van der Waals surface area contributed by atoms with Gasteiger partial charge in [0.2, 0.25) is 0 Å². The molecule has 0 aliphatic heterocycles. The van der Waals surface area contributed by atoms with Crippen molar-refractivity contribution in [3.05, 3.63) is 65.5 Å². The van der Waals surface area contributed by atoms with E-state index in [0.717, 1.165) is 31.6 Å². The van der Waals surface area contributed by atoms with Gasteiger partial charge in [0.25, 0.3) is 0 Å². The molecule has 0 aliphatic rings. The van der Waals surface area contributed by atoms with Crippen LogP contribution in [0.25, 0.3) is 0 Å². The molecule has 2 rings (SSSR count). The van der Waals surface area contributed by atoms with Crippen molar-refractivity contribution in [3.63, 3.8) is 0 Å². The minimum absolute atomic E-state index is 1.02. The maximum absolute atomic E-state index is 4.20. The van der Waals surface area contributed by atoms with Crippen LogP contribution in [0.4, 0.5) is 0 Å². The Hall–Kier alpha value is -1.67. The number of rotatable bonds is 6. The van der Waals surface area contributed by atoms with Gasteiger partial charge in [0.1, 0.15) is 0 Å². The van der Waals surface area contributed by atoms with Crippen molar-refractivity contribution in [2.24, 2.45) is 0 Å². The van der Waals surface area contributed by atoms with E-state index in [4.69, 9.17) is 0 Å². The summed E-state index contributed by atoms with van der Waals surface area (Å²) in [5, 5.41) is 3.48. The number of aromatic nitrogens is 1. The zero-order valence-electron chi connectivity index (χ0n) is 10.9. The molecule has 1 aromatic heterocycles. The normalized spacial score (nSPS) is 10.5. The summed E-state index contributed by atoms with van der Waals surface area (Å²) >= 11 is 0. The maximum Gasteiger partial charge on any atom is 0.0375 e. The Morgan fingerprint density at radius 3 is 2.39 bits per heavy atom. The molecule has 0 amide bonds. The van der Waals surface area contributed by atoms with Crippen LogP contribution < -0.4 is 5.32 Å². The van der Waals surface area contributed by atoms with Crippen molar-refractivity contribution >= 4 is 0 Å². The standard InChI is InChI=1S/C16H20N2/c1-14-13-16(9-12-18-14)8-11-17-10-7-15-5-3-2-4-6-15/h2-6,9,12-13,17H,7-8,10-11H2,1H3. The topological polar surface area (TPSA) is 24.9 Å². The Morgan fingerprint density at radius 1 is 0.944 bits per heavy atom. The van der Waals surface area contributed by atoms with Crippen molar-refractivity contribution in [2.45, 2.75) is 19.8 Å². The van der Waals surface area contributed by atoms with Gasteiger partial charge in [-0.05, 0) is 56.1 Å². The highest BCUT2D eigenvalue weighted by atomic mass is 14.8. The number of pyridine rings is 1.